The average molecular weight is 410 g/mol. The van der Waals surface area contributed by atoms with E-state index >= 15 is 0 Å². The number of benzene rings is 5. The van der Waals surface area contributed by atoms with Gasteiger partial charge in [-0.15, -0.1) is 0 Å². The number of ketones is 1. The van der Waals surface area contributed by atoms with Crippen molar-refractivity contribution in [2.75, 3.05) is 0 Å². The molecule has 0 saturated carbocycles. The van der Waals surface area contributed by atoms with Gasteiger partial charge in [-0.3, -0.25) is 9.59 Å². The maximum absolute atomic E-state index is 12.3. The summed E-state index contributed by atoms with van der Waals surface area (Å²) >= 11 is 0. The van der Waals surface area contributed by atoms with Crippen LogP contribution >= 0.6 is 0 Å². The van der Waals surface area contributed by atoms with E-state index in [4.69, 9.17) is 0 Å². The zero-order chi connectivity index (χ0) is 22.0. The maximum atomic E-state index is 12.3. The third kappa shape index (κ3) is 2.39. The van der Waals surface area contributed by atoms with Gasteiger partial charge in [0.25, 0.3) is 0 Å². The van der Waals surface area contributed by atoms with Gasteiger partial charge in [0.15, 0.2) is 12.1 Å². The van der Waals surface area contributed by atoms with Gasteiger partial charge >= 0.3 is 11.9 Å². The van der Waals surface area contributed by atoms with Gasteiger partial charge < -0.3 is 10.2 Å². The summed E-state index contributed by atoms with van der Waals surface area (Å²) < 4.78 is 0. The first-order valence-corrected chi connectivity index (χ1v) is 9.48. The topological polar surface area (TPSA) is 109 Å². The number of rotatable bonds is 4. The molecule has 0 heterocycles. The molecule has 150 valence electrons. The van der Waals surface area contributed by atoms with Crippen molar-refractivity contribution in [2.45, 2.75) is 6.92 Å². The lowest BCUT2D eigenvalue weighted by Gasteiger charge is -2.18. The maximum Gasteiger partial charge on any atom is 0.336 e. The number of aromatic carboxylic acids is 2. The number of carboxylic acids is 2. The number of hydrogen-bond acceptors (Lipinski definition) is 4. The van der Waals surface area contributed by atoms with Crippen LogP contribution < -0.4 is 0 Å². The van der Waals surface area contributed by atoms with Crippen molar-refractivity contribution < 1.29 is 29.4 Å². The molecular formula is C25H14O6. The third-order valence-electron chi connectivity index (χ3n) is 5.90. The van der Waals surface area contributed by atoms with Gasteiger partial charge in [0, 0.05) is 21.9 Å². The van der Waals surface area contributed by atoms with Gasteiger partial charge in [-0.25, -0.2) is 9.59 Å². The lowest BCUT2D eigenvalue weighted by molar-refractivity contribution is 0.0688. The van der Waals surface area contributed by atoms with Crippen molar-refractivity contribution in [3.05, 3.63) is 70.8 Å². The summed E-state index contributed by atoms with van der Waals surface area (Å²) in [6.45, 7) is 1.39. The molecule has 0 atom stereocenters. The molecule has 0 fully saturated rings. The summed E-state index contributed by atoms with van der Waals surface area (Å²) in [5.41, 5.74) is 0.617. The van der Waals surface area contributed by atoms with Crippen LogP contribution in [-0.2, 0) is 0 Å². The van der Waals surface area contributed by atoms with E-state index in [0.29, 0.717) is 54.9 Å². The molecule has 6 heteroatoms. The van der Waals surface area contributed by atoms with Crippen molar-refractivity contribution >= 4 is 67.1 Å². The number of hydrogen-bond donors (Lipinski definition) is 2. The Kier molecular flexibility index (Phi) is 3.82. The second kappa shape index (κ2) is 6.34. The normalized spacial score (nSPS) is 11.5. The fourth-order valence-electron chi connectivity index (χ4n) is 4.66. The van der Waals surface area contributed by atoms with Crippen LogP contribution in [0.4, 0.5) is 0 Å². The van der Waals surface area contributed by atoms with Crippen LogP contribution in [0.3, 0.4) is 0 Å². The monoisotopic (exact) mass is 410 g/mol. The second-order valence-electron chi connectivity index (χ2n) is 7.47. The summed E-state index contributed by atoms with van der Waals surface area (Å²) in [7, 11) is 0. The van der Waals surface area contributed by atoms with E-state index in [1.54, 1.807) is 36.4 Å². The van der Waals surface area contributed by atoms with E-state index in [1.165, 1.54) is 19.1 Å². The Bertz CT molecular complexity index is 1560. The summed E-state index contributed by atoms with van der Waals surface area (Å²) in [4.78, 5) is 47.8. The molecule has 0 radical (unpaired) electrons. The van der Waals surface area contributed by atoms with Gasteiger partial charge in [-0.1, -0.05) is 36.4 Å². The molecule has 0 saturated heterocycles. The van der Waals surface area contributed by atoms with Crippen molar-refractivity contribution in [3.63, 3.8) is 0 Å². The molecule has 0 aliphatic carbocycles. The number of carboxylic acid groups (broad SMARTS) is 2. The van der Waals surface area contributed by atoms with Crippen LogP contribution in [0.15, 0.2) is 48.5 Å². The number of Topliss-reactive ketones (excluding diaryl/α,β-unsaturated/α-hetero) is 1. The van der Waals surface area contributed by atoms with Gasteiger partial charge in [0.1, 0.15) is 0 Å². The van der Waals surface area contributed by atoms with Crippen molar-refractivity contribution in [1.29, 1.82) is 0 Å². The zero-order valence-electron chi connectivity index (χ0n) is 16.2. The Labute approximate surface area is 174 Å². The van der Waals surface area contributed by atoms with Crippen molar-refractivity contribution in [1.82, 2.24) is 0 Å². The molecule has 5 aromatic rings. The van der Waals surface area contributed by atoms with E-state index in [1.807, 2.05) is 0 Å². The molecule has 6 nitrogen and oxygen atoms in total. The lowest BCUT2D eigenvalue weighted by atomic mass is 9.84. The largest absolute Gasteiger partial charge is 0.478 e. The predicted molar refractivity (Wildman–Crippen MR) is 117 cm³/mol. The van der Waals surface area contributed by atoms with Crippen LogP contribution in [-0.4, -0.2) is 34.2 Å². The molecule has 0 amide bonds. The van der Waals surface area contributed by atoms with Crippen LogP contribution in [0.2, 0.25) is 0 Å². The molecule has 5 rings (SSSR count). The first kappa shape index (κ1) is 18.7. The van der Waals surface area contributed by atoms with Gasteiger partial charge in [0.2, 0.25) is 0 Å². The van der Waals surface area contributed by atoms with Gasteiger partial charge in [0.05, 0.1) is 11.1 Å². The number of fused-ring (bicyclic) bond motifs is 2. The summed E-state index contributed by atoms with van der Waals surface area (Å²) in [5.74, 6) is -2.53. The van der Waals surface area contributed by atoms with Crippen LogP contribution in [0, 0.1) is 0 Å². The quantitative estimate of drug-likeness (QED) is 0.184. The summed E-state index contributed by atoms with van der Waals surface area (Å²) in [6.07, 6.45) is 0.632. The van der Waals surface area contributed by atoms with E-state index in [2.05, 4.69) is 0 Å². The van der Waals surface area contributed by atoms with E-state index in [0.717, 1.165) is 0 Å². The Morgan fingerprint density at radius 3 is 1.48 bits per heavy atom. The SMILES string of the molecule is CC(=O)c1ccc2c3ccc(C(=O)O)c4c(C=O)ccc(c5ccc(C(=O)O)c1c25)c43. The Morgan fingerprint density at radius 1 is 0.613 bits per heavy atom. The van der Waals surface area contributed by atoms with E-state index in [-0.39, 0.29) is 22.5 Å². The van der Waals surface area contributed by atoms with Gasteiger partial charge in [-0.05, 0) is 51.4 Å². The van der Waals surface area contributed by atoms with Crippen LogP contribution in [0.25, 0.3) is 43.1 Å². The second-order valence-corrected chi connectivity index (χ2v) is 7.47. The fourth-order valence-corrected chi connectivity index (χ4v) is 4.66. The number of aldehydes is 1. The highest BCUT2D eigenvalue weighted by molar-refractivity contribution is 6.37. The summed E-state index contributed by atoms with van der Waals surface area (Å²) in [5, 5.41) is 24.2. The standard InChI is InChI=1S/C25H14O6/c1-11(27)13-4-5-16-15-6-8-18(24(28)29)20-12(10-26)2-3-14(22(15)20)17-7-9-19(25(30)31)21(13)23(16)17/h2-10H,1H3,(H,28,29)(H,30,31). The molecule has 0 aliphatic rings. The Morgan fingerprint density at radius 2 is 1.03 bits per heavy atom. The molecule has 2 N–H and O–H groups in total. The highest BCUT2D eigenvalue weighted by Gasteiger charge is 2.23. The van der Waals surface area contributed by atoms with Gasteiger partial charge in [-0.2, -0.15) is 0 Å². The first-order valence-electron chi connectivity index (χ1n) is 9.48. The molecule has 0 spiro atoms. The Balaban J connectivity index is 2.17. The highest BCUT2D eigenvalue weighted by atomic mass is 16.4. The molecule has 31 heavy (non-hydrogen) atoms. The first-order chi connectivity index (χ1) is 14.8. The summed E-state index contributed by atoms with van der Waals surface area (Å²) in [6, 6.07) is 12.9. The zero-order valence-corrected chi connectivity index (χ0v) is 16.2. The third-order valence-corrected chi connectivity index (χ3v) is 5.90. The molecule has 0 unspecified atom stereocenters. The lowest BCUT2D eigenvalue weighted by Crippen LogP contribution is -2.05. The minimum Gasteiger partial charge on any atom is -0.478 e. The minimum absolute atomic E-state index is 0.0184. The molecular weight excluding hydrogens is 396 g/mol. The molecule has 0 aromatic heterocycles. The fraction of sp³-hybridized carbons (Fsp3) is 0.0400. The predicted octanol–water partition coefficient (Wildman–Crippen LogP) is 5.15. The highest BCUT2D eigenvalue weighted by Crippen LogP contribution is 2.43. The van der Waals surface area contributed by atoms with Crippen molar-refractivity contribution in [3.8, 4) is 0 Å². The van der Waals surface area contributed by atoms with E-state index < -0.39 is 11.9 Å². The van der Waals surface area contributed by atoms with Crippen molar-refractivity contribution in [2.24, 2.45) is 0 Å². The molecule has 5 aromatic carbocycles. The average Bonchev–Trinajstić information content (AvgIpc) is 2.75. The Hall–Kier alpha value is -4.32. The molecule has 0 aliphatic heterocycles. The number of carbonyl (C=O) groups is 4. The number of carbonyl (C=O) groups excluding carboxylic acids is 2. The smallest absolute Gasteiger partial charge is 0.336 e. The van der Waals surface area contributed by atoms with E-state index in [9.17, 15) is 29.4 Å². The van der Waals surface area contributed by atoms with Crippen LogP contribution in [0.5, 0.6) is 0 Å². The minimum atomic E-state index is -1.14. The van der Waals surface area contributed by atoms with Crippen LogP contribution in [0.1, 0.15) is 48.4 Å². The molecule has 0 bridgehead atoms.